The first-order valence-electron chi connectivity index (χ1n) is 6.20. The van der Waals surface area contributed by atoms with Gasteiger partial charge in [0, 0.05) is 10.9 Å². The van der Waals surface area contributed by atoms with Gasteiger partial charge in [0.25, 0.3) is 0 Å². The molecule has 1 heterocycles. The number of hydrogen-bond donors (Lipinski definition) is 1. The molecule has 1 saturated carbocycles. The SMILES string of the molecule is CCCNC1CCC(c2sccc2Cl)C1C. The van der Waals surface area contributed by atoms with Crippen molar-refractivity contribution in [2.75, 3.05) is 6.54 Å². The third-order valence-electron chi connectivity index (χ3n) is 3.70. The molecule has 0 radical (unpaired) electrons. The van der Waals surface area contributed by atoms with E-state index < -0.39 is 0 Å². The lowest BCUT2D eigenvalue weighted by molar-refractivity contribution is 0.407. The van der Waals surface area contributed by atoms with Crippen LogP contribution in [0.5, 0.6) is 0 Å². The van der Waals surface area contributed by atoms with Gasteiger partial charge < -0.3 is 5.32 Å². The molecule has 1 fully saturated rings. The predicted octanol–water partition coefficient (Wildman–Crippen LogP) is 4.28. The van der Waals surface area contributed by atoms with Crippen LogP contribution < -0.4 is 5.32 Å². The molecule has 1 nitrogen and oxygen atoms in total. The van der Waals surface area contributed by atoms with Crippen molar-refractivity contribution in [3.05, 3.63) is 21.3 Å². The zero-order valence-corrected chi connectivity index (χ0v) is 11.6. The Bertz CT molecular complexity index is 336. The van der Waals surface area contributed by atoms with Gasteiger partial charge >= 0.3 is 0 Å². The van der Waals surface area contributed by atoms with Crippen LogP contribution in [0, 0.1) is 5.92 Å². The molecule has 1 aliphatic carbocycles. The maximum absolute atomic E-state index is 6.23. The van der Waals surface area contributed by atoms with Crippen LogP contribution in [0.25, 0.3) is 0 Å². The van der Waals surface area contributed by atoms with Crippen molar-refractivity contribution in [3.63, 3.8) is 0 Å². The summed E-state index contributed by atoms with van der Waals surface area (Å²) < 4.78 is 0. The number of thiophene rings is 1. The summed E-state index contributed by atoms with van der Waals surface area (Å²) in [5, 5.41) is 6.73. The first-order chi connectivity index (χ1) is 7.74. The Morgan fingerprint density at radius 3 is 2.94 bits per heavy atom. The quantitative estimate of drug-likeness (QED) is 0.849. The van der Waals surface area contributed by atoms with Gasteiger partial charge in [-0.25, -0.2) is 0 Å². The standard InChI is InChI=1S/C13H20ClNS/c1-3-7-15-12-5-4-10(9(12)2)13-11(14)6-8-16-13/h6,8-10,12,15H,3-5,7H2,1-2H3. The predicted molar refractivity (Wildman–Crippen MR) is 72.5 cm³/mol. The van der Waals surface area contributed by atoms with E-state index in [2.05, 4.69) is 24.5 Å². The molecule has 1 aliphatic rings. The topological polar surface area (TPSA) is 12.0 Å². The Morgan fingerprint density at radius 1 is 1.50 bits per heavy atom. The van der Waals surface area contributed by atoms with Crippen LogP contribution in [0.15, 0.2) is 11.4 Å². The summed E-state index contributed by atoms with van der Waals surface area (Å²) in [6.45, 7) is 5.72. The normalized spacial score (nSPS) is 29.8. The first kappa shape index (κ1) is 12.4. The van der Waals surface area contributed by atoms with E-state index in [1.54, 1.807) is 0 Å². The van der Waals surface area contributed by atoms with Crippen molar-refractivity contribution in [2.24, 2.45) is 5.92 Å². The lowest BCUT2D eigenvalue weighted by Gasteiger charge is -2.21. The van der Waals surface area contributed by atoms with Gasteiger partial charge in [0.05, 0.1) is 5.02 Å². The third kappa shape index (κ3) is 2.44. The van der Waals surface area contributed by atoms with Gasteiger partial charge in [-0.05, 0) is 49.1 Å². The zero-order valence-electron chi connectivity index (χ0n) is 10.0. The highest BCUT2D eigenvalue weighted by atomic mass is 35.5. The monoisotopic (exact) mass is 257 g/mol. The average Bonchev–Trinajstić information content (AvgIpc) is 2.83. The van der Waals surface area contributed by atoms with E-state index in [-0.39, 0.29) is 0 Å². The number of nitrogens with one attached hydrogen (secondary N) is 1. The molecule has 3 unspecified atom stereocenters. The Hall–Kier alpha value is -0.0500. The second-order valence-electron chi connectivity index (χ2n) is 4.74. The second kappa shape index (κ2) is 5.52. The summed E-state index contributed by atoms with van der Waals surface area (Å²) in [5.41, 5.74) is 0. The average molecular weight is 258 g/mol. The summed E-state index contributed by atoms with van der Waals surface area (Å²) in [5.74, 6) is 1.38. The lowest BCUT2D eigenvalue weighted by atomic mass is 9.94. The van der Waals surface area contributed by atoms with Crippen LogP contribution in [0.3, 0.4) is 0 Å². The molecule has 1 aromatic heterocycles. The smallest absolute Gasteiger partial charge is 0.0547 e. The fourth-order valence-electron chi connectivity index (χ4n) is 2.72. The minimum Gasteiger partial charge on any atom is -0.314 e. The van der Waals surface area contributed by atoms with Gasteiger partial charge in [-0.3, -0.25) is 0 Å². The van der Waals surface area contributed by atoms with Crippen molar-refractivity contribution in [1.82, 2.24) is 5.32 Å². The highest BCUT2D eigenvalue weighted by Crippen LogP contribution is 2.44. The van der Waals surface area contributed by atoms with Crippen LogP contribution >= 0.6 is 22.9 Å². The van der Waals surface area contributed by atoms with Crippen LogP contribution in [-0.4, -0.2) is 12.6 Å². The lowest BCUT2D eigenvalue weighted by Crippen LogP contribution is -2.32. The molecule has 0 bridgehead atoms. The van der Waals surface area contributed by atoms with E-state index in [1.807, 2.05) is 17.4 Å². The Kier molecular flexibility index (Phi) is 4.28. The van der Waals surface area contributed by atoms with Gasteiger partial charge in [-0.2, -0.15) is 0 Å². The minimum atomic E-state index is 0.668. The van der Waals surface area contributed by atoms with Crippen molar-refractivity contribution in [1.29, 1.82) is 0 Å². The number of rotatable bonds is 4. The van der Waals surface area contributed by atoms with Gasteiger partial charge in [0.1, 0.15) is 0 Å². The Labute approximate surface area is 107 Å². The maximum Gasteiger partial charge on any atom is 0.0547 e. The van der Waals surface area contributed by atoms with Crippen molar-refractivity contribution in [2.45, 2.75) is 45.1 Å². The van der Waals surface area contributed by atoms with Crippen LogP contribution in [-0.2, 0) is 0 Å². The molecule has 16 heavy (non-hydrogen) atoms. The van der Waals surface area contributed by atoms with E-state index in [9.17, 15) is 0 Å². The van der Waals surface area contributed by atoms with Crippen molar-refractivity contribution < 1.29 is 0 Å². The highest BCUT2D eigenvalue weighted by Gasteiger charge is 2.34. The van der Waals surface area contributed by atoms with Gasteiger partial charge in [0.15, 0.2) is 0 Å². The molecule has 3 atom stereocenters. The third-order valence-corrected chi connectivity index (χ3v) is 5.19. The van der Waals surface area contributed by atoms with E-state index in [0.29, 0.717) is 17.9 Å². The molecule has 2 rings (SSSR count). The minimum absolute atomic E-state index is 0.668. The van der Waals surface area contributed by atoms with E-state index in [4.69, 9.17) is 11.6 Å². The van der Waals surface area contributed by atoms with Gasteiger partial charge in [-0.15, -0.1) is 11.3 Å². The molecule has 0 aromatic carbocycles. The summed E-state index contributed by atoms with van der Waals surface area (Å²) in [6.07, 6.45) is 3.79. The maximum atomic E-state index is 6.23. The van der Waals surface area contributed by atoms with Gasteiger partial charge in [0.2, 0.25) is 0 Å². The van der Waals surface area contributed by atoms with Crippen LogP contribution in [0.2, 0.25) is 5.02 Å². The van der Waals surface area contributed by atoms with Crippen molar-refractivity contribution in [3.8, 4) is 0 Å². The molecule has 0 aliphatic heterocycles. The molecule has 3 heteroatoms. The molecule has 0 spiro atoms. The Morgan fingerprint density at radius 2 is 2.31 bits per heavy atom. The van der Waals surface area contributed by atoms with E-state index in [0.717, 1.165) is 11.6 Å². The van der Waals surface area contributed by atoms with E-state index >= 15 is 0 Å². The van der Waals surface area contributed by atoms with Crippen molar-refractivity contribution >= 4 is 22.9 Å². The molecule has 1 aromatic rings. The molecular weight excluding hydrogens is 238 g/mol. The molecular formula is C13H20ClNS. The zero-order chi connectivity index (χ0) is 11.5. The summed E-state index contributed by atoms with van der Waals surface area (Å²) in [4.78, 5) is 1.40. The number of hydrogen-bond acceptors (Lipinski definition) is 2. The highest BCUT2D eigenvalue weighted by molar-refractivity contribution is 7.10. The van der Waals surface area contributed by atoms with E-state index in [1.165, 1.54) is 24.1 Å². The molecule has 1 N–H and O–H groups in total. The molecule has 90 valence electrons. The Balaban J connectivity index is 2.02. The van der Waals surface area contributed by atoms with Crippen LogP contribution in [0.1, 0.15) is 43.9 Å². The number of halogens is 1. The van der Waals surface area contributed by atoms with Crippen LogP contribution in [0.4, 0.5) is 0 Å². The fourth-order valence-corrected chi connectivity index (χ4v) is 4.17. The largest absolute Gasteiger partial charge is 0.314 e. The summed E-state index contributed by atoms with van der Waals surface area (Å²) in [7, 11) is 0. The second-order valence-corrected chi connectivity index (χ2v) is 6.09. The molecule has 0 saturated heterocycles. The fraction of sp³-hybridized carbons (Fsp3) is 0.692. The summed E-state index contributed by atoms with van der Waals surface area (Å²) in [6, 6.07) is 2.71. The first-order valence-corrected chi connectivity index (χ1v) is 7.46. The molecule has 0 amide bonds. The van der Waals surface area contributed by atoms with Gasteiger partial charge in [-0.1, -0.05) is 25.4 Å². The summed E-state index contributed by atoms with van der Waals surface area (Å²) >= 11 is 8.04.